The monoisotopic (exact) mass is 466 g/mol. The molecule has 3 fully saturated rings. The van der Waals surface area contributed by atoms with E-state index in [-0.39, 0.29) is 35.7 Å². The molecule has 0 spiro atoms. The Morgan fingerprint density at radius 1 is 1.21 bits per heavy atom. The number of aliphatic carboxylic acids is 1. The van der Waals surface area contributed by atoms with Crippen LogP contribution in [0.3, 0.4) is 0 Å². The lowest BCUT2D eigenvalue weighted by atomic mass is 9.77. The van der Waals surface area contributed by atoms with Gasteiger partial charge in [0.05, 0.1) is 11.0 Å². The highest BCUT2D eigenvalue weighted by molar-refractivity contribution is 6.04. The Morgan fingerprint density at radius 2 is 1.91 bits per heavy atom. The van der Waals surface area contributed by atoms with Crippen molar-refractivity contribution in [2.75, 3.05) is 13.1 Å². The zero-order valence-electron chi connectivity index (χ0n) is 18.3. The first kappa shape index (κ1) is 21.8. The SMILES string of the molecule is CC(=O)N1CCC2C(/C=C3\CCN(Cc4ccc([N+](=O)[O-])cc4)C3=O)=C(C(=O)O)N3C(=O)[C@@H]1[C@@H]23. The van der Waals surface area contributed by atoms with Gasteiger partial charge in [0, 0.05) is 50.2 Å². The fourth-order valence-electron chi connectivity index (χ4n) is 5.55. The summed E-state index contributed by atoms with van der Waals surface area (Å²) in [7, 11) is 0. The van der Waals surface area contributed by atoms with Crippen LogP contribution < -0.4 is 0 Å². The Hall–Kier alpha value is -4.02. The number of non-ortho nitro benzene ring substituents is 1. The van der Waals surface area contributed by atoms with Crippen molar-refractivity contribution in [1.29, 1.82) is 0 Å². The summed E-state index contributed by atoms with van der Waals surface area (Å²) in [5.74, 6) is -2.31. The van der Waals surface area contributed by atoms with Crippen LogP contribution in [0.1, 0.15) is 25.3 Å². The molecule has 1 N–H and O–H groups in total. The predicted octanol–water partition coefficient (Wildman–Crippen LogP) is 1.05. The molecule has 0 radical (unpaired) electrons. The van der Waals surface area contributed by atoms with Crippen molar-refractivity contribution in [2.24, 2.45) is 5.92 Å². The standard InChI is InChI=1S/C23H22N4O7/c1-12(28)25-9-7-16-17(19(23(31)32)26-18(16)20(25)22(26)30)10-14-6-8-24(21(14)29)11-13-2-4-15(5-3-13)27(33)34/h2-5,10,16,18,20H,6-9,11H2,1H3,(H,31,32)/b14-10+/t16?,18-,20+/m1/s1. The quantitative estimate of drug-likeness (QED) is 0.296. The molecule has 3 amide bonds. The molecule has 4 aliphatic heterocycles. The van der Waals surface area contributed by atoms with Crippen molar-refractivity contribution in [1.82, 2.24) is 14.7 Å². The summed E-state index contributed by atoms with van der Waals surface area (Å²) in [5.41, 5.74) is 1.56. The number of hydrogen-bond acceptors (Lipinski definition) is 6. The van der Waals surface area contributed by atoms with Gasteiger partial charge in [-0.05, 0) is 30.1 Å². The minimum atomic E-state index is -1.23. The van der Waals surface area contributed by atoms with Crippen LogP contribution in [0.4, 0.5) is 5.69 Å². The number of rotatable bonds is 5. The van der Waals surface area contributed by atoms with E-state index in [2.05, 4.69) is 0 Å². The van der Waals surface area contributed by atoms with Gasteiger partial charge in [-0.15, -0.1) is 0 Å². The van der Waals surface area contributed by atoms with Crippen LogP contribution in [0, 0.1) is 16.0 Å². The third-order valence-corrected chi connectivity index (χ3v) is 7.13. The van der Waals surface area contributed by atoms with Crippen LogP contribution >= 0.6 is 0 Å². The van der Waals surface area contributed by atoms with Gasteiger partial charge in [0.25, 0.3) is 11.6 Å². The smallest absolute Gasteiger partial charge is 0.352 e. The first-order valence-corrected chi connectivity index (χ1v) is 11.0. The van der Waals surface area contributed by atoms with E-state index in [9.17, 15) is 34.4 Å². The molecule has 11 heteroatoms. The number of nitro groups is 1. The zero-order valence-corrected chi connectivity index (χ0v) is 18.3. The number of benzene rings is 1. The number of nitro benzene ring substituents is 1. The van der Waals surface area contributed by atoms with Crippen LogP contribution in [-0.2, 0) is 25.7 Å². The summed E-state index contributed by atoms with van der Waals surface area (Å²) in [4.78, 5) is 64.6. The van der Waals surface area contributed by atoms with E-state index < -0.39 is 28.9 Å². The molecule has 3 saturated heterocycles. The molecule has 11 nitrogen and oxygen atoms in total. The number of carbonyl (C=O) groups is 4. The van der Waals surface area contributed by atoms with E-state index in [0.717, 1.165) is 5.56 Å². The van der Waals surface area contributed by atoms with Gasteiger partial charge in [0.2, 0.25) is 11.8 Å². The molecule has 0 bridgehead atoms. The van der Waals surface area contributed by atoms with E-state index >= 15 is 0 Å². The summed E-state index contributed by atoms with van der Waals surface area (Å²) >= 11 is 0. The highest BCUT2D eigenvalue weighted by Crippen LogP contribution is 2.49. The molecule has 5 rings (SSSR count). The number of nitrogens with zero attached hydrogens (tertiary/aromatic N) is 4. The van der Waals surface area contributed by atoms with Crippen molar-refractivity contribution in [3.63, 3.8) is 0 Å². The number of hydrogen-bond donors (Lipinski definition) is 1. The van der Waals surface area contributed by atoms with Gasteiger partial charge < -0.3 is 14.9 Å². The Morgan fingerprint density at radius 3 is 2.53 bits per heavy atom. The highest BCUT2D eigenvalue weighted by atomic mass is 16.6. The van der Waals surface area contributed by atoms with Gasteiger partial charge in [0.1, 0.15) is 11.7 Å². The van der Waals surface area contributed by atoms with Gasteiger partial charge in [-0.2, -0.15) is 0 Å². The minimum absolute atomic E-state index is 0.0280. The van der Waals surface area contributed by atoms with Crippen molar-refractivity contribution < 1.29 is 29.2 Å². The number of β-lactam (4-membered cyclic amide) rings is 1. The lowest BCUT2D eigenvalue weighted by molar-refractivity contribution is -0.384. The third kappa shape index (κ3) is 3.18. The molecule has 0 aliphatic carbocycles. The topological polar surface area (TPSA) is 141 Å². The number of carboxylic acids is 1. The predicted molar refractivity (Wildman–Crippen MR) is 116 cm³/mol. The zero-order chi connectivity index (χ0) is 24.3. The van der Waals surface area contributed by atoms with Gasteiger partial charge in [-0.1, -0.05) is 12.1 Å². The highest BCUT2D eigenvalue weighted by Gasteiger charge is 2.63. The normalized spacial score (nSPS) is 26.8. The van der Waals surface area contributed by atoms with Crippen LogP contribution in [0.2, 0.25) is 0 Å². The molecule has 1 unspecified atom stereocenters. The molecule has 0 saturated carbocycles. The van der Waals surface area contributed by atoms with E-state index in [4.69, 9.17) is 0 Å². The van der Waals surface area contributed by atoms with Crippen LogP contribution in [0.5, 0.6) is 0 Å². The number of amides is 3. The van der Waals surface area contributed by atoms with Crippen molar-refractivity contribution in [3.8, 4) is 0 Å². The van der Waals surface area contributed by atoms with E-state index in [1.54, 1.807) is 23.1 Å². The third-order valence-electron chi connectivity index (χ3n) is 7.13. The minimum Gasteiger partial charge on any atom is -0.477 e. The summed E-state index contributed by atoms with van der Waals surface area (Å²) in [6.45, 7) is 2.48. The number of carboxylic acid groups (broad SMARTS) is 1. The number of carbonyl (C=O) groups excluding carboxylic acids is 3. The maximum Gasteiger partial charge on any atom is 0.352 e. The van der Waals surface area contributed by atoms with Crippen LogP contribution in [0.25, 0.3) is 0 Å². The van der Waals surface area contributed by atoms with E-state index in [0.29, 0.717) is 37.1 Å². The van der Waals surface area contributed by atoms with E-state index in [1.807, 2.05) is 0 Å². The first-order chi connectivity index (χ1) is 16.2. The first-order valence-electron chi connectivity index (χ1n) is 11.0. The maximum atomic E-state index is 13.1. The second-order valence-electron chi connectivity index (χ2n) is 8.93. The molecule has 0 aromatic heterocycles. The molecule has 4 aliphatic rings. The lowest BCUT2D eigenvalue weighted by Gasteiger charge is -2.53. The molecule has 3 atom stereocenters. The van der Waals surface area contributed by atoms with Crippen molar-refractivity contribution in [3.05, 3.63) is 62.9 Å². The molecular weight excluding hydrogens is 444 g/mol. The summed E-state index contributed by atoms with van der Waals surface area (Å²) in [5, 5.41) is 20.7. The molecular formula is C23H22N4O7. The van der Waals surface area contributed by atoms with Crippen molar-refractivity contribution in [2.45, 2.75) is 38.4 Å². The second-order valence-corrected chi connectivity index (χ2v) is 8.93. The summed E-state index contributed by atoms with van der Waals surface area (Å²) in [6.07, 6.45) is 2.57. The Kier molecular flexibility index (Phi) is 4.99. The fraction of sp³-hybridized carbons (Fsp3) is 0.391. The number of likely N-dealkylation sites (tertiary alicyclic amines) is 2. The van der Waals surface area contributed by atoms with Crippen molar-refractivity contribution >= 4 is 29.4 Å². The fourth-order valence-corrected chi connectivity index (χ4v) is 5.55. The maximum absolute atomic E-state index is 13.1. The van der Waals surface area contributed by atoms with Crippen LogP contribution in [-0.4, -0.2) is 73.6 Å². The summed E-state index contributed by atoms with van der Waals surface area (Å²) in [6, 6.07) is 4.93. The Labute approximate surface area is 194 Å². The Bertz CT molecular complexity index is 1200. The van der Waals surface area contributed by atoms with Crippen LogP contribution in [0.15, 0.2) is 47.2 Å². The molecule has 1 aromatic carbocycles. The van der Waals surface area contributed by atoms with Gasteiger partial charge >= 0.3 is 5.97 Å². The molecule has 34 heavy (non-hydrogen) atoms. The summed E-state index contributed by atoms with van der Waals surface area (Å²) < 4.78 is 0. The van der Waals surface area contributed by atoms with Gasteiger partial charge in [0.15, 0.2) is 0 Å². The number of piperidine rings is 1. The average Bonchev–Trinajstić information content (AvgIpc) is 3.30. The second kappa shape index (κ2) is 7.79. The van der Waals surface area contributed by atoms with Gasteiger partial charge in [-0.25, -0.2) is 4.79 Å². The molecule has 176 valence electrons. The largest absolute Gasteiger partial charge is 0.477 e. The Balaban J connectivity index is 1.39. The molecule has 4 heterocycles. The van der Waals surface area contributed by atoms with Gasteiger partial charge in [-0.3, -0.25) is 29.4 Å². The lowest BCUT2D eigenvalue weighted by Crippen LogP contribution is -2.73. The number of allylic oxidation sites excluding steroid dienone is 1. The molecule has 1 aromatic rings. The van der Waals surface area contributed by atoms with E-state index in [1.165, 1.54) is 28.9 Å². The average molecular weight is 466 g/mol.